The van der Waals surface area contributed by atoms with Gasteiger partial charge in [0.05, 0.1) is 12.6 Å². The van der Waals surface area contributed by atoms with Crippen LogP contribution in [0.5, 0.6) is 0 Å². The molecule has 1 amide bonds. The number of amides is 1. The maximum Gasteiger partial charge on any atom is 0.236 e. The van der Waals surface area contributed by atoms with Crippen molar-refractivity contribution in [2.24, 2.45) is 0 Å². The predicted octanol–water partition coefficient (Wildman–Crippen LogP) is 1.04. The Morgan fingerprint density at radius 3 is 2.72 bits per heavy atom. The molecule has 2 rings (SSSR count). The molecule has 1 aliphatic heterocycles. The first-order valence-electron chi connectivity index (χ1n) is 6.69. The number of nitrogens with zero attached hydrogens (tertiary/aromatic N) is 3. The second-order valence-corrected chi connectivity index (χ2v) is 4.98. The van der Waals surface area contributed by atoms with Crippen molar-refractivity contribution in [3.8, 4) is 0 Å². The zero-order chi connectivity index (χ0) is 13.0. The summed E-state index contributed by atoms with van der Waals surface area (Å²) in [4.78, 5) is 13.8. The van der Waals surface area contributed by atoms with Crippen molar-refractivity contribution in [3.63, 3.8) is 0 Å². The van der Waals surface area contributed by atoms with E-state index in [1.165, 1.54) is 0 Å². The lowest BCUT2D eigenvalue weighted by atomic mass is 10.2. The number of hydrogen-bond donors (Lipinski definition) is 1. The van der Waals surface area contributed by atoms with Gasteiger partial charge in [-0.2, -0.15) is 5.10 Å². The molecule has 2 unspecified atom stereocenters. The molecule has 2 heterocycles. The third kappa shape index (κ3) is 3.10. The van der Waals surface area contributed by atoms with Crippen molar-refractivity contribution in [1.29, 1.82) is 0 Å². The predicted molar refractivity (Wildman–Crippen MR) is 70.2 cm³/mol. The van der Waals surface area contributed by atoms with Gasteiger partial charge in [0.1, 0.15) is 0 Å². The van der Waals surface area contributed by atoms with Gasteiger partial charge < -0.3 is 10.2 Å². The fourth-order valence-electron chi connectivity index (χ4n) is 2.25. The molecule has 0 radical (unpaired) electrons. The van der Waals surface area contributed by atoms with Gasteiger partial charge in [-0.25, -0.2) is 0 Å². The largest absolute Gasteiger partial charge is 0.342 e. The highest BCUT2D eigenvalue weighted by Crippen LogP contribution is 2.10. The maximum atomic E-state index is 11.9. The molecule has 5 nitrogen and oxygen atoms in total. The van der Waals surface area contributed by atoms with Gasteiger partial charge in [-0.3, -0.25) is 9.48 Å². The number of carbonyl (C=O) groups is 1. The van der Waals surface area contributed by atoms with E-state index in [1.54, 1.807) is 6.20 Å². The monoisotopic (exact) mass is 250 g/mol. The first-order chi connectivity index (χ1) is 8.68. The molecule has 100 valence electrons. The van der Waals surface area contributed by atoms with E-state index in [9.17, 15) is 4.79 Å². The lowest BCUT2D eigenvalue weighted by Gasteiger charge is -2.23. The van der Waals surface area contributed by atoms with E-state index in [4.69, 9.17) is 0 Å². The van der Waals surface area contributed by atoms with Gasteiger partial charge in [-0.05, 0) is 32.8 Å². The van der Waals surface area contributed by atoms with Crippen molar-refractivity contribution < 1.29 is 4.79 Å². The highest BCUT2D eigenvalue weighted by Gasteiger charge is 2.20. The van der Waals surface area contributed by atoms with E-state index in [0.29, 0.717) is 6.54 Å². The summed E-state index contributed by atoms with van der Waals surface area (Å²) < 4.78 is 1.91. The van der Waals surface area contributed by atoms with Gasteiger partial charge in [0.2, 0.25) is 5.91 Å². The Balaban J connectivity index is 1.77. The van der Waals surface area contributed by atoms with E-state index in [-0.39, 0.29) is 18.0 Å². The summed E-state index contributed by atoms with van der Waals surface area (Å²) in [5.74, 6) is 0.215. The topological polar surface area (TPSA) is 50.2 Å². The zero-order valence-corrected chi connectivity index (χ0v) is 11.2. The lowest BCUT2D eigenvalue weighted by Crippen LogP contribution is -2.42. The molecule has 18 heavy (non-hydrogen) atoms. The summed E-state index contributed by atoms with van der Waals surface area (Å²) in [6.07, 6.45) is 6.01. The van der Waals surface area contributed by atoms with Gasteiger partial charge in [-0.1, -0.05) is 0 Å². The Hall–Kier alpha value is -1.36. The molecular weight excluding hydrogens is 228 g/mol. The molecule has 0 bridgehead atoms. The molecule has 1 aromatic rings. The minimum atomic E-state index is 0.215. The van der Waals surface area contributed by atoms with Crippen LogP contribution in [-0.2, 0) is 4.79 Å². The van der Waals surface area contributed by atoms with Gasteiger partial charge >= 0.3 is 0 Å². The van der Waals surface area contributed by atoms with Crippen LogP contribution >= 0.6 is 0 Å². The summed E-state index contributed by atoms with van der Waals surface area (Å²) in [7, 11) is 0. The van der Waals surface area contributed by atoms with Gasteiger partial charge in [-0.15, -0.1) is 0 Å². The lowest BCUT2D eigenvalue weighted by molar-refractivity contribution is -0.129. The Kier molecular flexibility index (Phi) is 4.36. The van der Waals surface area contributed by atoms with E-state index >= 15 is 0 Å². The van der Waals surface area contributed by atoms with Crippen molar-refractivity contribution in [2.45, 2.75) is 38.8 Å². The highest BCUT2D eigenvalue weighted by molar-refractivity contribution is 5.78. The summed E-state index contributed by atoms with van der Waals surface area (Å²) in [6.45, 7) is 6.45. The average molecular weight is 250 g/mol. The van der Waals surface area contributed by atoms with Gasteiger partial charge in [0.25, 0.3) is 0 Å². The third-order valence-corrected chi connectivity index (χ3v) is 3.70. The fraction of sp³-hybridized carbons (Fsp3) is 0.692. The molecule has 2 atom stereocenters. The van der Waals surface area contributed by atoms with Crippen molar-refractivity contribution in [1.82, 2.24) is 20.0 Å². The number of carbonyl (C=O) groups excluding carboxylic acids is 1. The summed E-state index contributed by atoms with van der Waals surface area (Å²) in [5.41, 5.74) is 0. The second kappa shape index (κ2) is 6.00. The Morgan fingerprint density at radius 1 is 1.39 bits per heavy atom. The first-order valence-corrected chi connectivity index (χ1v) is 6.69. The second-order valence-electron chi connectivity index (χ2n) is 4.98. The molecule has 1 saturated heterocycles. The number of hydrogen-bond acceptors (Lipinski definition) is 3. The van der Waals surface area contributed by atoms with Crippen LogP contribution in [0.4, 0.5) is 0 Å². The smallest absolute Gasteiger partial charge is 0.236 e. The van der Waals surface area contributed by atoms with Crippen LogP contribution in [0.25, 0.3) is 0 Å². The Morgan fingerprint density at radius 2 is 2.11 bits per heavy atom. The van der Waals surface area contributed by atoms with E-state index in [2.05, 4.69) is 24.3 Å². The van der Waals surface area contributed by atoms with Crippen LogP contribution in [-0.4, -0.2) is 46.3 Å². The van der Waals surface area contributed by atoms with Crippen LogP contribution in [0.1, 0.15) is 32.7 Å². The molecule has 0 aromatic carbocycles. The van der Waals surface area contributed by atoms with Crippen molar-refractivity contribution in [3.05, 3.63) is 18.5 Å². The molecule has 1 fully saturated rings. The zero-order valence-electron chi connectivity index (χ0n) is 11.2. The summed E-state index contributed by atoms with van der Waals surface area (Å²) >= 11 is 0. The van der Waals surface area contributed by atoms with Gasteiger partial charge in [0.15, 0.2) is 0 Å². The molecule has 0 aliphatic carbocycles. The molecule has 1 aliphatic rings. The third-order valence-electron chi connectivity index (χ3n) is 3.70. The first kappa shape index (κ1) is 13.1. The normalized spacial score (nSPS) is 18.9. The fourth-order valence-corrected chi connectivity index (χ4v) is 2.25. The van der Waals surface area contributed by atoms with E-state index < -0.39 is 0 Å². The van der Waals surface area contributed by atoms with Crippen molar-refractivity contribution in [2.75, 3.05) is 19.6 Å². The number of rotatable bonds is 5. The van der Waals surface area contributed by atoms with E-state index in [0.717, 1.165) is 25.9 Å². The standard InChI is InChI=1S/C13H22N4O/c1-11(12(2)17-9-5-6-15-17)14-10-13(18)16-7-3-4-8-16/h5-6,9,11-12,14H,3-4,7-8,10H2,1-2H3. The van der Waals surface area contributed by atoms with Crippen LogP contribution in [0.2, 0.25) is 0 Å². The molecule has 0 spiro atoms. The van der Waals surface area contributed by atoms with Crippen LogP contribution in [0, 0.1) is 0 Å². The average Bonchev–Trinajstić information content (AvgIpc) is 3.05. The van der Waals surface area contributed by atoms with Gasteiger partial charge in [0, 0.05) is 31.5 Å². The van der Waals surface area contributed by atoms with Crippen molar-refractivity contribution >= 4 is 5.91 Å². The van der Waals surface area contributed by atoms with Crippen LogP contribution in [0.15, 0.2) is 18.5 Å². The van der Waals surface area contributed by atoms with Crippen LogP contribution in [0.3, 0.4) is 0 Å². The number of aromatic nitrogens is 2. The summed E-state index contributed by atoms with van der Waals surface area (Å²) in [5, 5.41) is 7.52. The van der Waals surface area contributed by atoms with E-state index in [1.807, 2.05) is 21.8 Å². The maximum absolute atomic E-state index is 11.9. The summed E-state index contributed by atoms with van der Waals surface area (Å²) in [6, 6.07) is 2.38. The minimum Gasteiger partial charge on any atom is -0.342 e. The SMILES string of the molecule is CC(NCC(=O)N1CCCC1)C(C)n1cccn1. The molecule has 1 N–H and O–H groups in total. The number of likely N-dealkylation sites (tertiary alicyclic amines) is 1. The Labute approximate surface area is 108 Å². The number of nitrogens with one attached hydrogen (secondary N) is 1. The molecule has 5 heteroatoms. The molecule has 0 saturated carbocycles. The molecular formula is C13H22N4O. The van der Waals surface area contributed by atoms with Crippen LogP contribution < -0.4 is 5.32 Å². The highest BCUT2D eigenvalue weighted by atomic mass is 16.2. The molecule has 1 aromatic heterocycles. The Bertz CT molecular complexity index is 370. The quantitative estimate of drug-likeness (QED) is 0.849. The minimum absolute atomic E-state index is 0.215.